The van der Waals surface area contributed by atoms with E-state index in [4.69, 9.17) is 19.2 Å². The first-order valence-corrected chi connectivity index (χ1v) is 2.68. The maximum atomic E-state index is 7.33. The molecular formula is H16MgO9Si. The Hall–Kier alpha value is 0.623. The predicted octanol–water partition coefficient (Wildman–Crippen LogP) is -6.89. The minimum atomic E-state index is -4.61. The van der Waals surface area contributed by atoms with Crippen LogP contribution in [0.15, 0.2) is 0 Å². The van der Waals surface area contributed by atoms with Crippen LogP contribution in [0.5, 0.6) is 0 Å². The van der Waals surface area contributed by atoms with Gasteiger partial charge < -0.3 is 49.4 Å². The van der Waals surface area contributed by atoms with Crippen molar-refractivity contribution in [1.29, 1.82) is 0 Å². The molecule has 0 aromatic rings. The Labute approximate surface area is 82.1 Å². The fourth-order valence-corrected chi connectivity index (χ4v) is 0. The maximum absolute atomic E-state index is 7.33. The number of hydrogen-bond acceptors (Lipinski definition) is 4. The van der Waals surface area contributed by atoms with Gasteiger partial charge >= 0.3 is 32.1 Å². The summed E-state index contributed by atoms with van der Waals surface area (Å²) in [7, 11) is -4.61. The van der Waals surface area contributed by atoms with Gasteiger partial charge in [-0.15, -0.1) is 0 Å². The zero-order chi connectivity index (χ0) is 4.50. The van der Waals surface area contributed by atoms with Gasteiger partial charge in [0.05, 0.1) is 0 Å². The van der Waals surface area contributed by atoms with Crippen molar-refractivity contribution in [2.45, 2.75) is 0 Å². The van der Waals surface area contributed by atoms with Crippen LogP contribution in [0.3, 0.4) is 0 Å². The smallest absolute Gasteiger partial charge is 1.00 e. The van der Waals surface area contributed by atoms with E-state index in [1.165, 1.54) is 0 Å². The fourth-order valence-electron chi connectivity index (χ4n) is 0. The Balaban J connectivity index is -0.00000000286. The largest absolute Gasteiger partial charge is 2.00 e. The molecule has 0 aromatic heterocycles. The second-order valence-electron chi connectivity index (χ2n) is 0.600. The van der Waals surface area contributed by atoms with Crippen molar-refractivity contribution >= 4 is 32.1 Å². The molecule has 11 heavy (non-hydrogen) atoms. The molecule has 0 saturated heterocycles. The van der Waals surface area contributed by atoms with Gasteiger partial charge in [0.15, 0.2) is 0 Å². The van der Waals surface area contributed by atoms with Gasteiger partial charge in [0.2, 0.25) is 0 Å². The molecule has 76 valence electrons. The summed E-state index contributed by atoms with van der Waals surface area (Å²) in [4.78, 5) is 29.3. The van der Waals surface area contributed by atoms with E-state index in [1.54, 1.807) is 0 Å². The van der Waals surface area contributed by atoms with Crippen LogP contribution in [0.4, 0.5) is 0 Å². The van der Waals surface area contributed by atoms with Crippen LogP contribution in [-0.4, -0.2) is 78.7 Å². The van der Waals surface area contributed by atoms with E-state index in [0.29, 0.717) is 0 Å². The molecule has 14 N–H and O–H groups in total. The van der Waals surface area contributed by atoms with Crippen LogP contribution in [0, 0.1) is 0 Å². The van der Waals surface area contributed by atoms with Crippen molar-refractivity contribution in [2.75, 3.05) is 0 Å². The maximum Gasteiger partial charge on any atom is 2.00 e. The van der Waals surface area contributed by atoms with Crippen LogP contribution in [0.1, 0.15) is 2.85 Å². The molecule has 0 aliphatic carbocycles. The molecule has 0 bridgehead atoms. The van der Waals surface area contributed by atoms with Crippen molar-refractivity contribution in [3.63, 3.8) is 0 Å². The molecule has 0 heterocycles. The first-order valence-electron chi connectivity index (χ1n) is 0.894. The van der Waals surface area contributed by atoms with Gasteiger partial charge in [0, 0.05) is 0 Å². The van der Waals surface area contributed by atoms with Crippen LogP contribution in [0.2, 0.25) is 0 Å². The van der Waals surface area contributed by atoms with Gasteiger partial charge in [-0.05, 0) is 0 Å². The summed E-state index contributed by atoms with van der Waals surface area (Å²) in [6, 6.07) is 0. The van der Waals surface area contributed by atoms with Gasteiger partial charge in [0.1, 0.15) is 0 Å². The van der Waals surface area contributed by atoms with E-state index in [1.807, 2.05) is 0 Å². The Bertz CT molecular complexity index is 33.1. The summed E-state index contributed by atoms with van der Waals surface area (Å²) >= 11 is 0. The Morgan fingerprint density at radius 2 is 0.636 bits per heavy atom. The van der Waals surface area contributed by atoms with Gasteiger partial charge in [-0.2, -0.15) is 0 Å². The van der Waals surface area contributed by atoms with Crippen LogP contribution in [0.25, 0.3) is 0 Å². The van der Waals surface area contributed by atoms with Crippen molar-refractivity contribution in [2.24, 2.45) is 0 Å². The summed E-state index contributed by atoms with van der Waals surface area (Å²) in [5, 5.41) is 0. The van der Waals surface area contributed by atoms with E-state index in [2.05, 4.69) is 0 Å². The second kappa shape index (κ2) is 22.4. The Morgan fingerprint density at radius 1 is 0.636 bits per heavy atom. The molecule has 0 aromatic carbocycles. The zero-order valence-corrected chi connectivity index (χ0v) is 7.91. The van der Waals surface area contributed by atoms with Crippen LogP contribution in [-0.2, 0) is 0 Å². The van der Waals surface area contributed by atoms with Crippen LogP contribution >= 0.6 is 0 Å². The normalized spacial score (nSPS) is 5.45. The summed E-state index contributed by atoms with van der Waals surface area (Å²) in [5.74, 6) is 0. The molecule has 0 aliphatic rings. The first kappa shape index (κ1) is 61.4. The third-order valence-corrected chi connectivity index (χ3v) is 0. The molecule has 0 spiro atoms. The molecule has 0 fully saturated rings. The molecule has 11 heteroatoms. The standard InChI is InChI=1S/Mg.H4O4Si.5H2O.2H/c;1-5(2,3)4;;;;;;;/h;1-4H;5*1H2;;/q+2;;;;;;;2*-1. The van der Waals surface area contributed by atoms with Crippen molar-refractivity contribution in [1.82, 2.24) is 0 Å². The fraction of sp³-hybridized carbons (Fsp3) is 0. The summed E-state index contributed by atoms with van der Waals surface area (Å²) in [6.45, 7) is 0. The van der Waals surface area contributed by atoms with Gasteiger partial charge in [-0.1, -0.05) is 0 Å². The molecule has 0 rings (SSSR count). The van der Waals surface area contributed by atoms with E-state index in [0.717, 1.165) is 0 Å². The summed E-state index contributed by atoms with van der Waals surface area (Å²) in [6.07, 6.45) is 0. The van der Waals surface area contributed by atoms with Crippen molar-refractivity contribution < 1.29 is 49.4 Å². The third kappa shape index (κ3) is 2030. The van der Waals surface area contributed by atoms with E-state index >= 15 is 0 Å². The molecule has 0 aliphatic heterocycles. The van der Waals surface area contributed by atoms with Crippen molar-refractivity contribution in [3.05, 3.63) is 0 Å². The molecular weight excluding hydrogens is 196 g/mol. The molecule has 0 amide bonds. The second-order valence-corrected chi connectivity index (χ2v) is 1.80. The molecule has 0 atom stereocenters. The molecule has 0 unspecified atom stereocenters. The average Bonchev–Trinajstić information content (AvgIpc) is 0.722. The molecule has 0 saturated carbocycles. The number of hydrogen-bond donors (Lipinski definition) is 4. The van der Waals surface area contributed by atoms with Gasteiger partial charge in [-0.25, -0.2) is 0 Å². The zero-order valence-electron chi connectivity index (χ0n) is 7.50. The van der Waals surface area contributed by atoms with E-state index < -0.39 is 9.05 Å². The minimum absolute atomic E-state index is 0. The van der Waals surface area contributed by atoms with Crippen LogP contribution < -0.4 is 0 Å². The summed E-state index contributed by atoms with van der Waals surface area (Å²) in [5.41, 5.74) is 0. The van der Waals surface area contributed by atoms with Gasteiger partial charge in [0.25, 0.3) is 0 Å². The average molecular weight is 213 g/mol. The number of rotatable bonds is 0. The Kier molecular flexibility index (Phi) is 125. The van der Waals surface area contributed by atoms with E-state index in [-0.39, 0.29) is 53.3 Å². The van der Waals surface area contributed by atoms with Gasteiger partial charge in [-0.3, -0.25) is 0 Å². The first-order chi connectivity index (χ1) is 2.00. The molecule has 9 nitrogen and oxygen atoms in total. The third-order valence-electron chi connectivity index (χ3n) is 0. The summed E-state index contributed by atoms with van der Waals surface area (Å²) < 4.78 is 0. The predicted molar refractivity (Wildman–Crippen MR) is 40.7 cm³/mol. The topological polar surface area (TPSA) is 238 Å². The quantitative estimate of drug-likeness (QED) is 0.286. The molecule has 0 radical (unpaired) electrons. The SMILES string of the molecule is O.O.O.O.O.O[Si](O)(O)O.[H-].[H-].[Mg+2]. The minimum Gasteiger partial charge on any atom is -1.00 e. The Morgan fingerprint density at radius 3 is 0.636 bits per heavy atom. The van der Waals surface area contributed by atoms with Crippen molar-refractivity contribution in [3.8, 4) is 0 Å². The monoisotopic (exact) mass is 212 g/mol. The van der Waals surface area contributed by atoms with E-state index in [9.17, 15) is 0 Å².